The third kappa shape index (κ3) is 4.12. The number of hydrogen-bond acceptors (Lipinski definition) is 5. The zero-order valence-corrected chi connectivity index (χ0v) is 11.0. The molecule has 102 valence electrons. The van der Waals surface area contributed by atoms with Gasteiger partial charge in [0.1, 0.15) is 11.8 Å². The van der Waals surface area contributed by atoms with E-state index in [1.165, 1.54) is 0 Å². The molecular formula is C14H19N3O2. The first-order chi connectivity index (χ1) is 9.29. The van der Waals surface area contributed by atoms with Gasteiger partial charge < -0.3 is 15.2 Å². The maximum Gasteiger partial charge on any atom is 0.139 e. The van der Waals surface area contributed by atoms with Gasteiger partial charge in [0.25, 0.3) is 0 Å². The second kappa shape index (κ2) is 6.98. The topological polar surface area (TPSA) is 71.5 Å². The molecule has 5 nitrogen and oxygen atoms in total. The minimum atomic E-state index is 0.528. The second-order valence-corrected chi connectivity index (χ2v) is 4.52. The van der Waals surface area contributed by atoms with Crippen LogP contribution in [0.15, 0.2) is 18.2 Å². The molecule has 0 saturated carbocycles. The zero-order chi connectivity index (χ0) is 13.5. The molecule has 0 atom stereocenters. The van der Waals surface area contributed by atoms with Crippen LogP contribution in [0, 0.1) is 11.3 Å². The van der Waals surface area contributed by atoms with Crippen molar-refractivity contribution in [2.24, 2.45) is 0 Å². The smallest absolute Gasteiger partial charge is 0.139 e. The Morgan fingerprint density at radius 1 is 1.37 bits per heavy atom. The van der Waals surface area contributed by atoms with Gasteiger partial charge in [0.2, 0.25) is 0 Å². The van der Waals surface area contributed by atoms with Crippen LogP contribution in [-0.4, -0.2) is 44.4 Å². The van der Waals surface area contributed by atoms with E-state index in [4.69, 9.17) is 20.5 Å². The summed E-state index contributed by atoms with van der Waals surface area (Å²) in [7, 11) is 0. The summed E-state index contributed by atoms with van der Waals surface area (Å²) < 4.78 is 10.9. The van der Waals surface area contributed by atoms with Gasteiger partial charge in [-0.1, -0.05) is 0 Å². The van der Waals surface area contributed by atoms with Crippen molar-refractivity contribution in [3.63, 3.8) is 0 Å². The van der Waals surface area contributed by atoms with E-state index in [0.29, 0.717) is 23.6 Å². The Labute approximate surface area is 113 Å². The molecule has 2 N–H and O–H groups in total. The van der Waals surface area contributed by atoms with Gasteiger partial charge in [0.05, 0.1) is 25.4 Å². The molecule has 1 aromatic rings. The van der Waals surface area contributed by atoms with E-state index in [1.807, 2.05) is 0 Å². The van der Waals surface area contributed by atoms with Crippen LogP contribution in [0.25, 0.3) is 0 Å². The standard InChI is InChI=1S/C14H19N3O2/c15-11-12-2-3-13(16)10-14(12)19-7-1-4-17-5-8-18-9-6-17/h2-3,10H,1,4-9,16H2. The van der Waals surface area contributed by atoms with Gasteiger partial charge in [0, 0.05) is 31.4 Å². The largest absolute Gasteiger partial charge is 0.492 e. The van der Waals surface area contributed by atoms with Crippen molar-refractivity contribution in [1.82, 2.24) is 4.90 Å². The lowest BCUT2D eigenvalue weighted by Gasteiger charge is -2.26. The molecule has 1 fully saturated rings. The molecule has 19 heavy (non-hydrogen) atoms. The number of morpholine rings is 1. The molecule has 0 bridgehead atoms. The van der Waals surface area contributed by atoms with Crippen molar-refractivity contribution < 1.29 is 9.47 Å². The number of nitriles is 1. The van der Waals surface area contributed by atoms with Crippen molar-refractivity contribution in [3.05, 3.63) is 23.8 Å². The van der Waals surface area contributed by atoms with E-state index < -0.39 is 0 Å². The molecule has 1 aliphatic heterocycles. The Kier molecular flexibility index (Phi) is 5.01. The maximum atomic E-state index is 8.98. The highest BCUT2D eigenvalue weighted by Crippen LogP contribution is 2.21. The lowest BCUT2D eigenvalue weighted by atomic mass is 10.2. The van der Waals surface area contributed by atoms with E-state index in [2.05, 4.69) is 11.0 Å². The van der Waals surface area contributed by atoms with Gasteiger partial charge in [-0.2, -0.15) is 5.26 Å². The van der Waals surface area contributed by atoms with Gasteiger partial charge >= 0.3 is 0 Å². The summed E-state index contributed by atoms with van der Waals surface area (Å²) in [5.41, 5.74) is 6.83. The molecule has 0 amide bonds. The number of benzene rings is 1. The van der Waals surface area contributed by atoms with Crippen LogP contribution in [0.3, 0.4) is 0 Å². The van der Waals surface area contributed by atoms with E-state index >= 15 is 0 Å². The fraction of sp³-hybridized carbons (Fsp3) is 0.500. The summed E-state index contributed by atoms with van der Waals surface area (Å²) >= 11 is 0. The SMILES string of the molecule is N#Cc1ccc(N)cc1OCCCN1CCOCC1. The van der Waals surface area contributed by atoms with Gasteiger partial charge in [-0.3, -0.25) is 4.90 Å². The fourth-order valence-electron chi connectivity index (χ4n) is 2.05. The summed E-state index contributed by atoms with van der Waals surface area (Å²) in [5.74, 6) is 0.574. The average Bonchev–Trinajstić information content (AvgIpc) is 2.45. The molecule has 1 aromatic carbocycles. The minimum Gasteiger partial charge on any atom is -0.492 e. The number of ether oxygens (including phenoxy) is 2. The summed E-state index contributed by atoms with van der Waals surface area (Å²) in [6.45, 7) is 5.19. The molecule has 1 aliphatic rings. The third-order valence-corrected chi connectivity index (χ3v) is 3.11. The van der Waals surface area contributed by atoms with Crippen LogP contribution in [0.5, 0.6) is 5.75 Å². The molecule has 2 rings (SSSR count). The number of hydrogen-bond donors (Lipinski definition) is 1. The van der Waals surface area contributed by atoms with Crippen molar-refractivity contribution in [2.75, 3.05) is 45.2 Å². The zero-order valence-electron chi connectivity index (χ0n) is 11.0. The van der Waals surface area contributed by atoms with E-state index in [1.54, 1.807) is 18.2 Å². The molecule has 1 heterocycles. The summed E-state index contributed by atoms with van der Waals surface area (Å²) in [6.07, 6.45) is 0.930. The van der Waals surface area contributed by atoms with Gasteiger partial charge in [-0.15, -0.1) is 0 Å². The second-order valence-electron chi connectivity index (χ2n) is 4.52. The Bertz CT molecular complexity index is 450. The summed E-state index contributed by atoms with van der Waals surface area (Å²) in [6, 6.07) is 7.20. The minimum absolute atomic E-state index is 0.528. The fourth-order valence-corrected chi connectivity index (χ4v) is 2.05. The predicted octanol–water partition coefficient (Wildman–Crippen LogP) is 1.24. The highest BCUT2D eigenvalue weighted by Gasteiger charge is 2.09. The highest BCUT2D eigenvalue weighted by atomic mass is 16.5. The molecule has 5 heteroatoms. The molecule has 1 saturated heterocycles. The average molecular weight is 261 g/mol. The van der Waals surface area contributed by atoms with Crippen molar-refractivity contribution in [2.45, 2.75) is 6.42 Å². The first kappa shape index (κ1) is 13.7. The van der Waals surface area contributed by atoms with Gasteiger partial charge in [0.15, 0.2) is 0 Å². The number of nitrogen functional groups attached to an aromatic ring is 1. The molecule has 0 unspecified atom stereocenters. The number of rotatable bonds is 5. The monoisotopic (exact) mass is 261 g/mol. The Hall–Kier alpha value is -1.77. The van der Waals surface area contributed by atoms with E-state index in [0.717, 1.165) is 39.3 Å². The van der Waals surface area contributed by atoms with Crippen molar-refractivity contribution in [1.29, 1.82) is 5.26 Å². The van der Waals surface area contributed by atoms with Gasteiger partial charge in [-0.25, -0.2) is 0 Å². The number of nitrogens with zero attached hydrogens (tertiary/aromatic N) is 2. The quantitative estimate of drug-likeness (QED) is 0.638. The predicted molar refractivity (Wildman–Crippen MR) is 72.9 cm³/mol. The van der Waals surface area contributed by atoms with Gasteiger partial charge in [-0.05, 0) is 18.6 Å². The lowest BCUT2D eigenvalue weighted by molar-refractivity contribution is 0.0358. The summed E-state index contributed by atoms with van der Waals surface area (Å²) in [4.78, 5) is 2.36. The summed E-state index contributed by atoms with van der Waals surface area (Å²) in [5, 5.41) is 8.98. The van der Waals surface area contributed by atoms with Crippen LogP contribution >= 0.6 is 0 Å². The number of anilines is 1. The van der Waals surface area contributed by atoms with E-state index in [-0.39, 0.29) is 0 Å². The molecule has 0 aromatic heterocycles. The maximum absolute atomic E-state index is 8.98. The Morgan fingerprint density at radius 2 is 2.16 bits per heavy atom. The normalized spacial score (nSPS) is 15.9. The molecular weight excluding hydrogens is 242 g/mol. The molecule has 0 radical (unpaired) electrons. The first-order valence-electron chi connectivity index (χ1n) is 6.52. The van der Waals surface area contributed by atoms with Crippen LogP contribution in [0.2, 0.25) is 0 Å². The lowest BCUT2D eigenvalue weighted by Crippen LogP contribution is -2.37. The third-order valence-electron chi connectivity index (χ3n) is 3.11. The van der Waals surface area contributed by atoms with E-state index in [9.17, 15) is 0 Å². The van der Waals surface area contributed by atoms with Crippen LogP contribution in [0.4, 0.5) is 5.69 Å². The first-order valence-corrected chi connectivity index (χ1v) is 6.52. The van der Waals surface area contributed by atoms with Crippen LogP contribution < -0.4 is 10.5 Å². The van der Waals surface area contributed by atoms with Crippen molar-refractivity contribution >= 4 is 5.69 Å². The Balaban J connectivity index is 1.76. The van der Waals surface area contributed by atoms with Crippen LogP contribution in [0.1, 0.15) is 12.0 Å². The highest BCUT2D eigenvalue weighted by molar-refractivity contribution is 5.52. The molecule has 0 spiro atoms. The number of nitrogens with two attached hydrogens (primary N) is 1. The Morgan fingerprint density at radius 3 is 2.89 bits per heavy atom. The van der Waals surface area contributed by atoms with Crippen LogP contribution in [-0.2, 0) is 4.74 Å². The van der Waals surface area contributed by atoms with Crippen molar-refractivity contribution in [3.8, 4) is 11.8 Å². The molecule has 0 aliphatic carbocycles.